The third-order valence-electron chi connectivity index (χ3n) is 1.66. The molecule has 0 aliphatic carbocycles. The predicted octanol–water partition coefficient (Wildman–Crippen LogP) is 1.14. The van der Waals surface area contributed by atoms with Gasteiger partial charge in [0.25, 0.3) is 5.56 Å². The van der Waals surface area contributed by atoms with Crippen LogP contribution < -0.4 is 5.56 Å². The summed E-state index contributed by atoms with van der Waals surface area (Å²) in [6.07, 6.45) is 0.893. The molecule has 0 aromatic carbocycles. The number of H-pyrrole nitrogens is 1. The first-order valence-corrected chi connectivity index (χ1v) is 4.48. The van der Waals surface area contributed by atoms with Gasteiger partial charge in [0, 0.05) is 6.61 Å². The molecule has 0 saturated carbocycles. The lowest BCUT2D eigenvalue weighted by Gasteiger charge is -2.02. The third-order valence-corrected chi connectivity index (χ3v) is 1.66. The first-order chi connectivity index (χ1) is 6.65. The number of ether oxygens (including phenoxy) is 1. The summed E-state index contributed by atoms with van der Waals surface area (Å²) >= 11 is 0. The molecule has 78 valence electrons. The van der Waals surface area contributed by atoms with Crippen LogP contribution in [0.2, 0.25) is 0 Å². The zero-order valence-electron chi connectivity index (χ0n) is 8.26. The van der Waals surface area contributed by atoms with Gasteiger partial charge in [-0.1, -0.05) is 6.92 Å². The molecule has 0 unspecified atom stereocenters. The van der Waals surface area contributed by atoms with Gasteiger partial charge in [-0.2, -0.15) is 4.39 Å². The number of hydrogen-bond donors (Lipinski definition) is 1. The summed E-state index contributed by atoms with van der Waals surface area (Å²) in [6, 6.07) is 0. The van der Waals surface area contributed by atoms with E-state index in [1.807, 2.05) is 6.92 Å². The zero-order chi connectivity index (χ0) is 10.6. The van der Waals surface area contributed by atoms with Gasteiger partial charge in [0.1, 0.15) is 12.4 Å². The highest BCUT2D eigenvalue weighted by Crippen LogP contribution is 1.97. The van der Waals surface area contributed by atoms with E-state index in [4.69, 9.17) is 4.74 Å². The smallest absolute Gasteiger partial charge is 0.287 e. The van der Waals surface area contributed by atoms with Crippen molar-refractivity contribution in [2.75, 3.05) is 6.61 Å². The standard InChI is InChI=1S/C9H13FN2O2/c1-3-4-14-5-7-11-6(2)8(10)9(13)12-7/h3-5H2,1-2H3,(H,11,12,13). The van der Waals surface area contributed by atoms with Gasteiger partial charge < -0.3 is 9.72 Å². The summed E-state index contributed by atoms with van der Waals surface area (Å²) in [5.41, 5.74) is -0.642. The molecule has 0 atom stereocenters. The molecule has 0 saturated heterocycles. The minimum Gasteiger partial charge on any atom is -0.374 e. The molecular weight excluding hydrogens is 187 g/mol. The molecule has 0 amide bonds. The number of aromatic amines is 1. The van der Waals surface area contributed by atoms with E-state index < -0.39 is 11.4 Å². The van der Waals surface area contributed by atoms with Crippen molar-refractivity contribution < 1.29 is 9.13 Å². The SMILES string of the molecule is CCCOCc1nc(C)c(F)c(=O)[nH]1. The van der Waals surface area contributed by atoms with E-state index in [0.29, 0.717) is 12.4 Å². The van der Waals surface area contributed by atoms with E-state index in [2.05, 4.69) is 9.97 Å². The molecule has 1 aromatic rings. The molecule has 0 radical (unpaired) electrons. The fourth-order valence-corrected chi connectivity index (χ4v) is 1.01. The molecule has 1 aromatic heterocycles. The second-order valence-corrected chi connectivity index (χ2v) is 2.96. The summed E-state index contributed by atoms with van der Waals surface area (Å²) in [5.74, 6) is -0.466. The second-order valence-electron chi connectivity index (χ2n) is 2.96. The van der Waals surface area contributed by atoms with Crippen molar-refractivity contribution in [2.45, 2.75) is 26.9 Å². The second kappa shape index (κ2) is 4.85. The van der Waals surface area contributed by atoms with Crippen molar-refractivity contribution in [3.05, 3.63) is 27.7 Å². The topological polar surface area (TPSA) is 55.0 Å². The molecule has 0 fully saturated rings. The zero-order valence-corrected chi connectivity index (χ0v) is 8.26. The lowest BCUT2D eigenvalue weighted by atomic mass is 10.4. The average molecular weight is 200 g/mol. The Bertz CT molecular complexity index is 362. The van der Waals surface area contributed by atoms with Gasteiger partial charge >= 0.3 is 0 Å². The fraction of sp³-hybridized carbons (Fsp3) is 0.556. The van der Waals surface area contributed by atoms with Crippen molar-refractivity contribution in [1.29, 1.82) is 0 Å². The quantitative estimate of drug-likeness (QED) is 0.741. The normalized spacial score (nSPS) is 10.5. The van der Waals surface area contributed by atoms with Crippen LogP contribution in [0.5, 0.6) is 0 Å². The number of hydrogen-bond acceptors (Lipinski definition) is 3. The first kappa shape index (κ1) is 10.8. The summed E-state index contributed by atoms with van der Waals surface area (Å²) in [6.45, 7) is 4.24. The fourth-order valence-electron chi connectivity index (χ4n) is 1.01. The van der Waals surface area contributed by atoms with E-state index >= 15 is 0 Å². The maximum Gasteiger partial charge on any atom is 0.287 e. The molecule has 0 aliphatic rings. The van der Waals surface area contributed by atoms with Crippen molar-refractivity contribution in [2.24, 2.45) is 0 Å². The van der Waals surface area contributed by atoms with Crippen LogP contribution in [0, 0.1) is 12.7 Å². The number of nitrogens with one attached hydrogen (secondary N) is 1. The molecule has 0 bridgehead atoms. The third kappa shape index (κ3) is 2.63. The van der Waals surface area contributed by atoms with Gasteiger partial charge in [0.15, 0.2) is 0 Å². The molecule has 0 spiro atoms. The molecule has 0 aliphatic heterocycles. The Morgan fingerprint density at radius 3 is 2.86 bits per heavy atom. The predicted molar refractivity (Wildman–Crippen MR) is 49.5 cm³/mol. The van der Waals surface area contributed by atoms with E-state index in [1.54, 1.807) is 0 Å². The highest BCUT2D eigenvalue weighted by Gasteiger charge is 2.06. The Hall–Kier alpha value is -1.23. The van der Waals surface area contributed by atoms with Crippen LogP contribution in [0.3, 0.4) is 0 Å². The Kier molecular flexibility index (Phi) is 3.76. The minimum absolute atomic E-state index is 0.101. The highest BCUT2D eigenvalue weighted by molar-refractivity contribution is 5.02. The van der Waals surface area contributed by atoms with E-state index in [9.17, 15) is 9.18 Å². The lowest BCUT2D eigenvalue weighted by molar-refractivity contribution is 0.115. The molecule has 14 heavy (non-hydrogen) atoms. The number of aromatic nitrogens is 2. The Morgan fingerprint density at radius 2 is 2.29 bits per heavy atom. The van der Waals surface area contributed by atoms with Crippen LogP contribution >= 0.6 is 0 Å². The number of nitrogens with zero attached hydrogens (tertiary/aromatic N) is 1. The summed E-state index contributed by atoms with van der Waals surface area (Å²) in [4.78, 5) is 17.1. The van der Waals surface area contributed by atoms with Gasteiger partial charge in [-0.25, -0.2) is 4.98 Å². The number of halogens is 1. The lowest BCUT2D eigenvalue weighted by Crippen LogP contribution is -2.18. The van der Waals surface area contributed by atoms with E-state index in [0.717, 1.165) is 6.42 Å². The highest BCUT2D eigenvalue weighted by atomic mass is 19.1. The average Bonchev–Trinajstić information content (AvgIpc) is 2.14. The van der Waals surface area contributed by atoms with E-state index in [-0.39, 0.29) is 12.3 Å². The summed E-state index contributed by atoms with van der Waals surface area (Å²) in [5, 5.41) is 0. The first-order valence-electron chi connectivity index (χ1n) is 4.48. The molecule has 1 rings (SSSR count). The molecule has 1 N–H and O–H groups in total. The van der Waals surface area contributed by atoms with Gasteiger partial charge in [0.05, 0.1) is 5.69 Å². The van der Waals surface area contributed by atoms with Gasteiger partial charge in [-0.3, -0.25) is 4.79 Å². The maximum atomic E-state index is 12.9. The van der Waals surface area contributed by atoms with Crippen molar-refractivity contribution in [3.8, 4) is 0 Å². The Labute approximate surface area is 81.1 Å². The Morgan fingerprint density at radius 1 is 1.57 bits per heavy atom. The monoisotopic (exact) mass is 200 g/mol. The van der Waals surface area contributed by atoms with Gasteiger partial charge in [-0.15, -0.1) is 0 Å². The number of rotatable bonds is 4. The van der Waals surface area contributed by atoms with Crippen molar-refractivity contribution >= 4 is 0 Å². The van der Waals surface area contributed by atoms with Crippen molar-refractivity contribution in [1.82, 2.24) is 9.97 Å². The van der Waals surface area contributed by atoms with E-state index in [1.165, 1.54) is 6.92 Å². The van der Waals surface area contributed by atoms with Crippen LogP contribution in [-0.2, 0) is 11.3 Å². The maximum absolute atomic E-state index is 12.9. The largest absolute Gasteiger partial charge is 0.374 e. The van der Waals surface area contributed by atoms with Crippen molar-refractivity contribution in [3.63, 3.8) is 0 Å². The van der Waals surface area contributed by atoms with Gasteiger partial charge in [-0.05, 0) is 13.3 Å². The van der Waals surface area contributed by atoms with Crippen LogP contribution in [-0.4, -0.2) is 16.6 Å². The van der Waals surface area contributed by atoms with Gasteiger partial charge in [0.2, 0.25) is 5.82 Å². The Balaban J connectivity index is 2.75. The molecular formula is C9H13FN2O2. The minimum atomic E-state index is -0.829. The van der Waals surface area contributed by atoms with Crippen LogP contribution in [0.1, 0.15) is 24.9 Å². The van der Waals surface area contributed by atoms with Crippen LogP contribution in [0.25, 0.3) is 0 Å². The number of aryl methyl sites for hydroxylation is 1. The summed E-state index contributed by atoms with van der Waals surface area (Å²) in [7, 11) is 0. The molecule has 4 nitrogen and oxygen atoms in total. The summed E-state index contributed by atoms with van der Waals surface area (Å²) < 4.78 is 18.0. The van der Waals surface area contributed by atoms with Crippen LogP contribution in [0.4, 0.5) is 4.39 Å². The van der Waals surface area contributed by atoms with Crippen LogP contribution in [0.15, 0.2) is 4.79 Å². The molecule has 1 heterocycles. The molecule has 5 heteroatoms.